The highest BCUT2D eigenvalue weighted by molar-refractivity contribution is 7.26. The van der Waals surface area contributed by atoms with Gasteiger partial charge in [0.15, 0.2) is 5.84 Å². The molecule has 0 aliphatic carbocycles. The fraction of sp³-hybridized carbons (Fsp3) is 0.0159. The maximum atomic E-state index is 6.57. The van der Waals surface area contributed by atoms with Gasteiger partial charge in [-0.3, -0.25) is 4.99 Å². The van der Waals surface area contributed by atoms with Gasteiger partial charge in [0, 0.05) is 64.7 Å². The lowest BCUT2D eigenvalue weighted by atomic mass is 9.90. The van der Waals surface area contributed by atoms with Crippen molar-refractivity contribution in [3.63, 3.8) is 0 Å². The summed E-state index contributed by atoms with van der Waals surface area (Å²) in [6.07, 6.45) is 5.82. The van der Waals surface area contributed by atoms with E-state index in [2.05, 4.69) is 194 Å². The average molecular weight is 888 g/mol. The predicted octanol–water partition coefficient (Wildman–Crippen LogP) is 17.4. The maximum Gasteiger partial charge on any atom is 0.154 e. The molecule has 0 spiro atoms. The molecule has 0 saturated heterocycles. The molecule has 0 saturated carbocycles. The van der Waals surface area contributed by atoms with Crippen LogP contribution in [0.3, 0.4) is 0 Å². The highest BCUT2D eigenvalue weighted by atomic mass is 32.1. The largest absolute Gasteiger partial charge is 0.456 e. The van der Waals surface area contributed by atoms with E-state index in [4.69, 9.17) is 14.4 Å². The molecule has 0 aliphatic heterocycles. The Bertz CT molecular complexity index is 4220. The average Bonchev–Trinajstić information content (AvgIpc) is 4.08. The summed E-state index contributed by atoms with van der Waals surface area (Å²) in [6.45, 7) is 8.84. The molecule has 13 rings (SSSR count). The Kier molecular flexibility index (Phi) is 9.37. The molecule has 0 bridgehead atoms. The van der Waals surface area contributed by atoms with Crippen LogP contribution in [0.5, 0.6) is 0 Å². The minimum Gasteiger partial charge on any atom is -0.456 e. The second kappa shape index (κ2) is 16.1. The molecule has 13 aromatic rings. The van der Waals surface area contributed by atoms with Gasteiger partial charge in [-0.05, 0) is 110 Å². The van der Waals surface area contributed by atoms with Crippen LogP contribution in [0.2, 0.25) is 0 Å². The molecule has 10 aromatic carbocycles. The summed E-state index contributed by atoms with van der Waals surface area (Å²) in [5.41, 5.74) is 12.7. The van der Waals surface area contributed by atoms with Crippen LogP contribution in [-0.4, -0.2) is 16.6 Å². The number of thiophene rings is 1. The summed E-state index contributed by atoms with van der Waals surface area (Å²) in [4.78, 5) is 10.4. The molecule has 68 heavy (non-hydrogen) atoms. The fourth-order valence-electron chi connectivity index (χ4n) is 10.4. The molecule has 0 unspecified atom stereocenters. The van der Waals surface area contributed by atoms with Crippen LogP contribution in [0.1, 0.15) is 27.8 Å². The van der Waals surface area contributed by atoms with Crippen LogP contribution in [0.4, 0.5) is 0 Å². The van der Waals surface area contributed by atoms with Crippen molar-refractivity contribution < 1.29 is 4.42 Å². The van der Waals surface area contributed by atoms with Gasteiger partial charge in [-0.1, -0.05) is 159 Å². The van der Waals surface area contributed by atoms with Gasteiger partial charge in [-0.15, -0.1) is 11.3 Å². The maximum absolute atomic E-state index is 6.57. The van der Waals surface area contributed by atoms with E-state index in [0.717, 1.165) is 82.6 Å². The molecule has 0 radical (unpaired) electrons. The summed E-state index contributed by atoms with van der Waals surface area (Å²) >= 11 is 1.84. The molecule has 3 aromatic heterocycles. The predicted molar refractivity (Wildman–Crippen MR) is 292 cm³/mol. The van der Waals surface area contributed by atoms with Crippen LogP contribution in [-0.2, 0) is 6.54 Å². The smallest absolute Gasteiger partial charge is 0.154 e. The van der Waals surface area contributed by atoms with E-state index in [1.54, 1.807) is 0 Å². The third kappa shape index (κ3) is 6.35. The van der Waals surface area contributed by atoms with Gasteiger partial charge in [0.2, 0.25) is 0 Å². The number of aliphatic imine (C=N–C) groups is 2. The second-order valence-electron chi connectivity index (χ2n) is 17.3. The Balaban J connectivity index is 0.946. The first-order chi connectivity index (χ1) is 33.6. The number of nitrogens with zero attached hydrogens (tertiary/aromatic N) is 3. The topological polar surface area (TPSA) is 42.8 Å². The highest BCUT2D eigenvalue weighted by Gasteiger charge is 2.18. The number of aromatic nitrogens is 1. The first-order valence-corrected chi connectivity index (χ1v) is 23.7. The molecule has 3 heterocycles. The van der Waals surface area contributed by atoms with Crippen molar-refractivity contribution in [2.45, 2.75) is 6.54 Å². The van der Waals surface area contributed by atoms with Gasteiger partial charge in [-0.25, -0.2) is 4.99 Å². The summed E-state index contributed by atoms with van der Waals surface area (Å²) < 4.78 is 11.5. The number of hydrogen-bond acceptors (Lipinski definition) is 3. The zero-order valence-corrected chi connectivity index (χ0v) is 37.8. The highest BCUT2D eigenvalue weighted by Crippen LogP contribution is 2.44. The zero-order chi connectivity index (χ0) is 45.3. The van der Waals surface area contributed by atoms with Crippen molar-refractivity contribution in [1.29, 1.82) is 0 Å². The third-order valence-corrected chi connectivity index (χ3v) is 14.6. The standard InChI is InChI=1S/C63H41N3OS/c1-3-44-45(4-2)49-31-28-41(35-52(49)48-20-9-8-19-47(44)48)63(64-37-39-16-6-5-7-17-39)65-38-42-18-14-26-58-61(42)53-34-40(29-32-57(53)67-58)46-23-15-27-60-62(46)54-36-43(30-33-59(54)68-60)66-55-24-12-10-21-50(55)51-22-11-13-25-56(51)66/h3-36,38H,1-2,37H2. The molecule has 0 N–H and O–H groups in total. The number of rotatable bonds is 8. The van der Waals surface area contributed by atoms with E-state index in [0.29, 0.717) is 12.4 Å². The molecule has 4 nitrogen and oxygen atoms in total. The SMILES string of the molecule is C=Cc1c(C=C)c2ccc(C(N=Cc3cccc4oc5ccc(-c6cccc7sc8ccc(-n9c%10ccccc%10c%10ccccc%109)cc8c67)cc5c34)=NCc3ccccc3)cc2c2ccccc12. The minimum absolute atomic E-state index is 0.491. The van der Waals surface area contributed by atoms with Crippen molar-refractivity contribution in [3.05, 3.63) is 235 Å². The van der Waals surface area contributed by atoms with Gasteiger partial charge >= 0.3 is 0 Å². The van der Waals surface area contributed by atoms with Crippen LogP contribution >= 0.6 is 11.3 Å². The van der Waals surface area contributed by atoms with Crippen molar-refractivity contribution in [2.75, 3.05) is 0 Å². The molecular weight excluding hydrogens is 847 g/mol. The lowest BCUT2D eigenvalue weighted by Crippen LogP contribution is -2.01. The summed E-state index contributed by atoms with van der Waals surface area (Å²) in [7, 11) is 0. The number of amidine groups is 1. The van der Waals surface area contributed by atoms with Crippen molar-refractivity contribution in [3.8, 4) is 16.8 Å². The molecule has 5 heteroatoms. The molecule has 0 fully saturated rings. The summed E-state index contributed by atoms with van der Waals surface area (Å²) in [5, 5.41) is 11.6. The fourth-order valence-corrected chi connectivity index (χ4v) is 11.5. The minimum atomic E-state index is 0.491. The van der Waals surface area contributed by atoms with Gasteiger partial charge < -0.3 is 8.98 Å². The van der Waals surface area contributed by atoms with Crippen LogP contribution in [0.15, 0.2) is 222 Å². The zero-order valence-electron chi connectivity index (χ0n) is 37.0. The normalized spacial score (nSPS) is 12.3. The van der Waals surface area contributed by atoms with E-state index >= 15 is 0 Å². The van der Waals surface area contributed by atoms with E-state index in [9.17, 15) is 0 Å². The monoisotopic (exact) mass is 887 g/mol. The summed E-state index contributed by atoms with van der Waals surface area (Å²) in [6, 6.07) is 69.2. The van der Waals surface area contributed by atoms with Crippen molar-refractivity contribution in [2.24, 2.45) is 9.98 Å². The van der Waals surface area contributed by atoms with Crippen molar-refractivity contribution in [1.82, 2.24) is 4.57 Å². The number of hydrogen-bond donors (Lipinski definition) is 0. The van der Waals surface area contributed by atoms with Gasteiger partial charge in [-0.2, -0.15) is 0 Å². The number of fused-ring (bicyclic) bond motifs is 12. The molecule has 0 amide bonds. The lowest BCUT2D eigenvalue weighted by molar-refractivity contribution is 0.669. The number of furan rings is 1. The Morgan fingerprint density at radius 3 is 2.00 bits per heavy atom. The van der Waals surface area contributed by atoms with Crippen molar-refractivity contribution >= 4 is 121 Å². The Labute approximate surface area is 396 Å². The van der Waals surface area contributed by atoms with E-state index < -0.39 is 0 Å². The van der Waals surface area contributed by atoms with E-state index in [1.165, 1.54) is 47.5 Å². The van der Waals surface area contributed by atoms with Gasteiger partial charge in [0.05, 0.1) is 17.6 Å². The van der Waals surface area contributed by atoms with Crippen LogP contribution in [0, 0.1) is 0 Å². The van der Waals surface area contributed by atoms with Crippen LogP contribution in [0.25, 0.3) is 114 Å². The Morgan fingerprint density at radius 1 is 0.515 bits per heavy atom. The van der Waals surface area contributed by atoms with Gasteiger partial charge in [0.1, 0.15) is 11.2 Å². The summed E-state index contributed by atoms with van der Waals surface area (Å²) in [5.74, 6) is 0.648. The van der Waals surface area contributed by atoms with Crippen LogP contribution < -0.4 is 0 Å². The van der Waals surface area contributed by atoms with E-state index in [-0.39, 0.29) is 0 Å². The second-order valence-corrected chi connectivity index (χ2v) is 18.4. The first kappa shape index (κ1) is 39.7. The van der Waals surface area contributed by atoms with E-state index in [1.807, 2.05) is 47.9 Å². The Hall–Kier alpha value is -8.64. The number of para-hydroxylation sites is 2. The number of benzene rings is 10. The molecular formula is C63H41N3OS. The molecule has 0 aliphatic rings. The van der Waals surface area contributed by atoms with Gasteiger partial charge in [0.25, 0.3) is 0 Å². The lowest BCUT2D eigenvalue weighted by Gasteiger charge is -2.14. The quantitative estimate of drug-likeness (QED) is 0.0851. The Morgan fingerprint density at radius 2 is 1.22 bits per heavy atom. The third-order valence-electron chi connectivity index (χ3n) is 13.5. The molecule has 320 valence electrons. The molecule has 0 atom stereocenters. The first-order valence-electron chi connectivity index (χ1n) is 22.9.